The van der Waals surface area contributed by atoms with Gasteiger partial charge in [-0.1, -0.05) is 37.3 Å². The summed E-state index contributed by atoms with van der Waals surface area (Å²) < 4.78 is 47.9. The second-order valence-corrected chi connectivity index (χ2v) is 11.3. The Morgan fingerprint density at radius 2 is 1.55 bits per heavy atom. The molecule has 0 heterocycles. The zero-order valence-electron chi connectivity index (χ0n) is 23.2. The predicted octanol–water partition coefficient (Wildman–Crippen LogP) is 4.75. The van der Waals surface area contributed by atoms with E-state index in [4.69, 9.17) is 4.74 Å². The van der Waals surface area contributed by atoms with E-state index < -0.39 is 34.3 Å². The Bertz CT molecular complexity index is 1360. The molecule has 0 aromatic heterocycles. The van der Waals surface area contributed by atoms with Gasteiger partial charge in [0, 0.05) is 12.6 Å². The maximum Gasteiger partial charge on any atom is 0.264 e. The molecule has 0 aliphatic heterocycles. The van der Waals surface area contributed by atoms with Gasteiger partial charge in [-0.3, -0.25) is 13.9 Å². The summed E-state index contributed by atoms with van der Waals surface area (Å²) in [6.45, 7) is 7.19. The first-order valence-corrected chi connectivity index (χ1v) is 14.7. The number of anilines is 1. The SMILES string of the molecule is CCOc1ccc(S(=O)(=O)N(CC(=O)N(Cc2ccccc2)[C@H](CC)C(=O)NC(C)C)c2ccc(F)cc2)cc1. The van der Waals surface area contributed by atoms with Crippen molar-refractivity contribution < 1.29 is 27.1 Å². The molecular formula is C30H36FN3O5S. The zero-order chi connectivity index (χ0) is 29.3. The van der Waals surface area contributed by atoms with Gasteiger partial charge >= 0.3 is 0 Å². The van der Waals surface area contributed by atoms with Crippen molar-refractivity contribution >= 4 is 27.5 Å². The van der Waals surface area contributed by atoms with Crippen LogP contribution < -0.4 is 14.4 Å². The molecule has 0 spiro atoms. The molecule has 1 N–H and O–H groups in total. The van der Waals surface area contributed by atoms with Crippen LogP contribution in [0.4, 0.5) is 10.1 Å². The Kier molecular flexibility index (Phi) is 10.7. The number of carbonyl (C=O) groups excluding carboxylic acids is 2. The van der Waals surface area contributed by atoms with Crippen molar-refractivity contribution in [3.05, 3.63) is 90.2 Å². The van der Waals surface area contributed by atoms with Gasteiger partial charge in [0.1, 0.15) is 24.2 Å². The summed E-state index contributed by atoms with van der Waals surface area (Å²) in [5.41, 5.74) is 0.900. The van der Waals surface area contributed by atoms with Gasteiger partial charge in [-0.15, -0.1) is 0 Å². The molecule has 8 nitrogen and oxygen atoms in total. The van der Waals surface area contributed by atoms with Crippen LogP contribution in [-0.4, -0.2) is 50.4 Å². The van der Waals surface area contributed by atoms with Crippen molar-refractivity contribution in [3.8, 4) is 5.75 Å². The molecule has 0 fully saturated rings. The maximum atomic E-state index is 14.0. The molecule has 10 heteroatoms. The number of carbonyl (C=O) groups is 2. The molecule has 0 unspecified atom stereocenters. The second kappa shape index (κ2) is 13.9. The van der Waals surface area contributed by atoms with E-state index in [-0.39, 0.29) is 29.1 Å². The fraction of sp³-hybridized carbons (Fsp3) is 0.333. The topological polar surface area (TPSA) is 96.0 Å². The van der Waals surface area contributed by atoms with Gasteiger partial charge in [-0.2, -0.15) is 0 Å². The summed E-state index contributed by atoms with van der Waals surface area (Å²) in [4.78, 5) is 28.4. The molecule has 3 aromatic rings. The van der Waals surface area contributed by atoms with Crippen molar-refractivity contribution in [3.63, 3.8) is 0 Å². The van der Waals surface area contributed by atoms with Gasteiger partial charge in [0.05, 0.1) is 17.2 Å². The monoisotopic (exact) mass is 569 g/mol. The summed E-state index contributed by atoms with van der Waals surface area (Å²) >= 11 is 0. The van der Waals surface area contributed by atoms with E-state index in [1.54, 1.807) is 6.92 Å². The van der Waals surface area contributed by atoms with Crippen LogP contribution >= 0.6 is 0 Å². The van der Waals surface area contributed by atoms with Crippen molar-refractivity contribution in [1.82, 2.24) is 10.2 Å². The minimum absolute atomic E-state index is 0.0627. The molecule has 0 saturated heterocycles. The first-order chi connectivity index (χ1) is 19.1. The lowest BCUT2D eigenvalue weighted by atomic mass is 10.1. The van der Waals surface area contributed by atoms with Crippen molar-refractivity contribution in [2.24, 2.45) is 0 Å². The number of benzene rings is 3. The van der Waals surface area contributed by atoms with E-state index >= 15 is 0 Å². The first kappa shape index (κ1) is 30.6. The third-order valence-corrected chi connectivity index (χ3v) is 7.92. The lowest BCUT2D eigenvalue weighted by molar-refractivity contribution is -0.140. The van der Waals surface area contributed by atoms with E-state index in [1.165, 1.54) is 41.3 Å². The largest absolute Gasteiger partial charge is 0.494 e. The molecule has 3 aromatic carbocycles. The zero-order valence-corrected chi connectivity index (χ0v) is 24.0. The van der Waals surface area contributed by atoms with Crippen LogP contribution in [0.15, 0.2) is 83.8 Å². The van der Waals surface area contributed by atoms with Crippen LogP contribution in [0, 0.1) is 5.82 Å². The minimum atomic E-state index is -4.26. The summed E-state index contributed by atoms with van der Waals surface area (Å²) in [7, 11) is -4.26. The smallest absolute Gasteiger partial charge is 0.264 e. The highest BCUT2D eigenvalue weighted by Crippen LogP contribution is 2.26. The fourth-order valence-corrected chi connectivity index (χ4v) is 5.63. The summed E-state index contributed by atoms with van der Waals surface area (Å²) in [6, 6.07) is 18.9. The molecule has 0 saturated carbocycles. The quantitative estimate of drug-likeness (QED) is 0.321. The Hall–Kier alpha value is -3.92. The maximum absolute atomic E-state index is 14.0. The summed E-state index contributed by atoms with van der Waals surface area (Å²) in [5.74, 6) is -0.949. The molecule has 214 valence electrons. The van der Waals surface area contributed by atoms with E-state index in [0.717, 1.165) is 22.0 Å². The fourth-order valence-electron chi connectivity index (χ4n) is 4.22. The number of sulfonamides is 1. The third kappa shape index (κ3) is 7.81. The predicted molar refractivity (Wildman–Crippen MR) is 153 cm³/mol. The Morgan fingerprint density at radius 3 is 2.10 bits per heavy atom. The average Bonchev–Trinajstić information content (AvgIpc) is 2.92. The Labute approximate surface area is 235 Å². The van der Waals surface area contributed by atoms with Gasteiger partial charge < -0.3 is 15.0 Å². The molecule has 0 aliphatic carbocycles. The van der Waals surface area contributed by atoms with E-state index in [2.05, 4.69) is 5.32 Å². The highest BCUT2D eigenvalue weighted by molar-refractivity contribution is 7.92. The molecule has 0 bridgehead atoms. The van der Waals surface area contributed by atoms with Crippen LogP contribution in [0.3, 0.4) is 0 Å². The molecule has 40 heavy (non-hydrogen) atoms. The molecule has 0 radical (unpaired) electrons. The van der Waals surface area contributed by atoms with Gasteiger partial charge in [0.25, 0.3) is 10.0 Å². The number of hydrogen-bond donors (Lipinski definition) is 1. The van der Waals surface area contributed by atoms with Crippen LogP contribution in [0.2, 0.25) is 0 Å². The lowest BCUT2D eigenvalue weighted by Crippen LogP contribution is -2.53. The van der Waals surface area contributed by atoms with Crippen molar-refractivity contribution in [1.29, 1.82) is 0 Å². The number of hydrogen-bond acceptors (Lipinski definition) is 5. The summed E-state index contributed by atoms with van der Waals surface area (Å²) in [5, 5.41) is 2.86. The van der Waals surface area contributed by atoms with Crippen LogP contribution in [0.25, 0.3) is 0 Å². The molecular weight excluding hydrogens is 533 g/mol. The Balaban J connectivity index is 2.03. The minimum Gasteiger partial charge on any atom is -0.494 e. The highest BCUT2D eigenvalue weighted by atomic mass is 32.2. The number of halogens is 1. The average molecular weight is 570 g/mol. The number of amides is 2. The standard InChI is InChI=1S/C30H36FN3O5S/c1-5-28(30(36)32-22(3)4)33(20-23-10-8-7-9-11-23)29(35)21-34(25-14-12-24(31)13-15-25)40(37,38)27-18-16-26(17-19-27)39-6-2/h7-19,22,28H,5-6,20-21H2,1-4H3,(H,32,36)/t28-/m1/s1. The molecule has 3 rings (SSSR count). The van der Waals surface area contributed by atoms with Crippen LogP contribution in [0.5, 0.6) is 5.75 Å². The van der Waals surface area contributed by atoms with Crippen LogP contribution in [0.1, 0.15) is 39.7 Å². The van der Waals surface area contributed by atoms with E-state index in [1.807, 2.05) is 51.1 Å². The molecule has 1 atom stereocenters. The normalized spacial score (nSPS) is 12.1. The molecule has 2 amide bonds. The van der Waals surface area contributed by atoms with Gasteiger partial charge in [-0.25, -0.2) is 12.8 Å². The van der Waals surface area contributed by atoms with E-state index in [9.17, 15) is 22.4 Å². The van der Waals surface area contributed by atoms with Crippen molar-refractivity contribution in [2.45, 2.75) is 57.6 Å². The summed E-state index contributed by atoms with van der Waals surface area (Å²) in [6.07, 6.45) is 0.319. The van der Waals surface area contributed by atoms with Crippen LogP contribution in [-0.2, 0) is 26.2 Å². The van der Waals surface area contributed by atoms with Gasteiger partial charge in [-0.05, 0) is 81.3 Å². The van der Waals surface area contributed by atoms with Crippen molar-refractivity contribution in [2.75, 3.05) is 17.5 Å². The highest BCUT2D eigenvalue weighted by Gasteiger charge is 2.33. The third-order valence-electron chi connectivity index (χ3n) is 6.13. The first-order valence-electron chi connectivity index (χ1n) is 13.2. The second-order valence-electron chi connectivity index (χ2n) is 9.49. The van der Waals surface area contributed by atoms with Gasteiger partial charge in [0.2, 0.25) is 11.8 Å². The number of nitrogens with one attached hydrogen (secondary N) is 1. The number of ether oxygens (including phenoxy) is 1. The number of rotatable bonds is 13. The number of nitrogens with zero attached hydrogens (tertiary/aromatic N) is 2. The lowest BCUT2D eigenvalue weighted by Gasteiger charge is -2.33. The van der Waals surface area contributed by atoms with Gasteiger partial charge in [0.15, 0.2) is 0 Å². The Morgan fingerprint density at radius 1 is 0.925 bits per heavy atom. The van der Waals surface area contributed by atoms with E-state index in [0.29, 0.717) is 18.8 Å². The molecule has 0 aliphatic rings.